The molecule has 0 amide bonds. The van der Waals surface area contributed by atoms with Gasteiger partial charge in [-0.3, -0.25) is 4.79 Å². The van der Waals surface area contributed by atoms with Crippen LogP contribution < -0.4 is 10.3 Å². The Hall–Kier alpha value is -3.17. The molecule has 0 radical (unpaired) electrons. The zero-order valence-electron chi connectivity index (χ0n) is 17.7. The van der Waals surface area contributed by atoms with Crippen LogP contribution in [-0.2, 0) is 11.8 Å². The number of halogens is 1. The average Bonchev–Trinajstić information content (AvgIpc) is 3.32. The summed E-state index contributed by atoms with van der Waals surface area (Å²) in [6.45, 7) is 2.32. The zero-order chi connectivity index (χ0) is 22.2. The van der Waals surface area contributed by atoms with Gasteiger partial charge in [0.15, 0.2) is 0 Å². The molecule has 0 unspecified atom stereocenters. The fourth-order valence-electron chi connectivity index (χ4n) is 3.88. The van der Waals surface area contributed by atoms with Crippen molar-refractivity contribution in [2.75, 3.05) is 37.5 Å². The van der Waals surface area contributed by atoms with Gasteiger partial charge in [0, 0.05) is 42.2 Å². The molecule has 0 atom stereocenters. The lowest BCUT2D eigenvalue weighted by Gasteiger charge is -2.29. The molecule has 0 bridgehead atoms. The van der Waals surface area contributed by atoms with Gasteiger partial charge < -0.3 is 18.7 Å². The molecular formula is C23H21FN4O3S. The highest BCUT2D eigenvalue weighted by molar-refractivity contribution is 7.98. The molecular weight excluding hydrogens is 431 g/mol. The number of hydrogen-bond acceptors (Lipinski definition) is 7. The molecule has 0 aliphatic carbocycles. The quantitative estimate of drug-likeness (QED) is 0.434. The Morgan fingerprint density at radius 2 is 1.88 bits per heavy atom. The molecule has 0 N–H and O–H groups in total. The molecule has 1 fully saturated rings. The van der Waals surface area contributed by atoms with E-state index in [1.807, 2.05) is 42.5 Å². The van der Waals surface area contributed by atoms with E-state index in [4.69, 9.17) is 9.26 Å². The van der Waals surface area contributed by atoms with E-state index in [1.54, 1.807) is 28.6 Å². The Morgan fingerprint density at radius 3 is 2.59 bits per heavy atom. The second kappa shape index (κ2) is 8.40. The lowest BCUT2D eigenvalue weighted by molar-refractivity contribution is 0.122. The molecule has 3 heterocycles. The van der Waals surface area contributed by atoms with Crippen molar-refractivity contribution >= 4 is 28.4 Å². The van der Waals surface area contributed by atoms with E-state index in [-0.39, 0.29) is 22.3 Å². The van der Waals surface area contributed by atoms with Gasteiger partial charge in [-0.1, -0.05) is 5.16 Å². The molecule has 9 heteroatoms. The lowest BCUT2D eigenvalue weighted by atomic mass is 10.1. The van der Waals surface area contributed by atoms with Crippen molar-refractivity contribution in [3.63, 3.8) is 0 Å². The van der Waals surface area contributed by atoms with Crippen LogP contribution >= 0.6 is 11.8 Å². The minimum Gasteiger partial charge on any atom is -0.378 e. The van der Waals surface area contributed by atoms with E-state index >= 15 is 0 Å². The Kier molecular flexibility index (Phi) is 5.44. The number of morpholine rings is 1. The van der Waals surface area contributed by atoms with Crippen molar-refractivity contribution < 1.29 is 13.7 Å². The van der Waals surface area contributed by atoms with Crippen molar-refractivity contribution in [3.8, 4) is 22.8 Å². The van der Waals surface area contributed by atoms with Crippen LogP contribution in [0, 0.1) is 5.82 Å². The standard InChI is InChI=1S/C23H21FN4O3S/c1-27-13-17(23-25-22(26-31-23)14-3-5-15(32-2)6-4-14)21(29)16-11-18(24)20(12-19(16)27)28-7-9-30-10-8-28/h3-6,11-13H,7-10H2,1-2H3. The first-order chi connectivity index (χ1) is 15.5. The summed E-state index contributed by atoms with van der Waals surface area (Å²) >= 11 is 1.64. The fraction of sp³-hybridized carbons (Fsp3) is 0.261. The highest BCUT2D eigenvalue weighted by Gasteiger charge is 2.21. The van der Waals surface area contributed by atoms with Crippen LogP contribution in [0.3, 0.4) is 0 Å². The second-order valence-electron chi connectivity index (χ2n) is 7.55. The molecule has 0 spiro atoms. The summed E-state index contributed by atoms with van der Waals surface area (Å²) in [6.07, 6.45) is 3.66. The molecule has 2 aromatic carbocycles. The number of aromatic nitrogens is 3. The zero-order valence-corrected chi connectivity index (χ0v) is 18.5. The Labute approximate surface area is 187 Å². The summed E-state index contributed by atoms with van der Waals surface area (Å²) in [7, 11) is 1.81. The van der Waals surface area contributed by atoms with Gasteiger partial charge in [-0.05, 0) is 42.7 Å². The smallest absolute Gasteiger partial charge is 0.263 e. The molecule has 0 saturated carbocycles. The third-order valence-electron chi connectivity index (χ3n) is 5.61. The van der Waals surface area contributed by atoms with Crippen molar-refractivity contribution in [1.29, 1.82) is 0 Å². The number of rotatable bonds is 4. The average molecular weight is 453 g/mol. The highest BCUT2D eigenvalue weighted by atomic mass is 32.2. The predicted molar refractivity (Wildman–Crippen MR) is 123 cm³/mol. The first-order valence-corrected chi connectivity index (χ1v) is 11.4. The number of fused-ring (bicyclic) bond motifs is 1. The van der Waals surface area contributed by atoms with Crippen molar-refractivity contribution in [2.24, 2.45) is 7.05 Å². The van der Waals surface area contributed by atoms with Crippen LogP contribution in [0.15, 0.2) is 56.8 Å². The predicted octanol–water partition coefficient (Wildman–Crippen LogP) is 3.95. The van der Waals surface area contributed by atoms with E-state index in [0.717, 1.165) is 10.5 Å². The van der Waals surface area contributed by atoms with Crippen LogP contribution in [0.4, 0.5) is 10.1 Å². The largest absolute Gasteiger partial charge is 0.378 e. The van der Waals surface area contributed by atoms with Crippen LogP contribution in [0.1, 0.15) is 0 Å². The number of pyridine rings is 1. The Balaban J connectivity index is 1.56. The van der Waals surface area contributed by atoms with Gasteiger partial charge >= 0.3 is 0 Å². The summed E-state index contributed by atoms with van der Waals surface area (Å²) in [5, 5.41) is 4.30. The summed E-state index contributed by atoms with van der Waals surface area (Å²) in [4.78, 5) is 20.7. The van der Waals surface area contributed by atoms with E-state index in [0.29, 0.717) is 43.3 Å². The van der Waals surface area contributed by atoms with Crippen molar-refractivity contribution in [2.45, 2.75) is 4.90 Å². The molecule has 2 aromatic heterocycles. The van der Waals surface area contributed by atoms with Crippen LogP contribution in [0.2, 0.25) is 0 Å². The maximum atomic E-state index is 15.0. The Morgan fingerprint density at radius 1 is 1.12 bits per heavy atom. The number of ether oxygens (including phenoxy) is 1. The lowest BCUT2D eigenvalue weighted by Crippen LogP contribution is -2.36. The van der Waals surface area contributed by atoms with Crippen LogP contribution in [-0.4, -0.2) is 47.3 Å². The third-order valence-corrected chi connectivity index (χ3v) is 6.36. The van der Waals surface area contributed by atoms with E-state index in [1.165, 1.54) is 6.07 Å². The first-order valence-electron chi connectivity index (χ1n) is 10.2. The molecule has 7 nitrogen and oxygen atoms in total. The number of hydrogen-bond donors (Lipinski definition) is 0. The van der Waals surface area contributed by atoms with Gasteiger partial charge in [-0.2, -0.15) is 4.98 Å². The van der Waals surface area contributed by atoms with Crippen LogP contribution in [0.25, 0.3) is 33.7 Å². The maximum absolute atomic E-state index is 15.0. The van der Waals surface area contributed by atoms with Gasteiger partial charge in [-0.25, -0.2) is 4.39 Å². The third kappa shape index (κ3) is 3.67. The van der Waals surface area contributed by atoms with Gasteiger partial charge in [0.1, 0.15) is 11.4 Å². The first kappa shape index (κ1) is 20.7. The minimum atomic E-state index is -0.436. The summed E-state index contributed by atoms with van der Waals surface area (Å²) in [5.74, 6) is 0.0616. The summed E-state index contributed by atoms with van der Waals surface area (Å²) < 4.78 is 27.5. The number of aryl methyl sites for hydroxylation is 1. The maximum Gasteiger partial charge on any atom is 0.263 e. The second-order valence-corrected chi connectivity index (χ2v) is 8.43. The summed E-state index contributed by atoms with van der Waals surface area (Å²) in [5.41, 5.74) is 1.78. The molecule has 1 aliphatic heterocycles. The fourth-order valence-corrected chi connectivity index (χ4v) is 4.29. The SMILES string of the molecule is CSc1ccc(-c2noc(-c3cn(C)c4cc(N5CCOCC5)c(F)cc4c3=O)n2)cc1. The molecule has 32 heavy (non-hydrogen) atoms. The highest BCUT2D eigenvalue weighted by Crippen LogP contribution is 2.28. The van der Waals surface area contributed by atoms with Crippen molar-refractivity contribution in [1.82, 2.24) is 14.7 Å². The van der Waals surface area contributed by atoms with Gasteiger partial charge in [0.05, 0.1) is 24.4 Å². The van der Waals surface area contributed by atoms with Gasteiger partial charge in [0.2, 0.25) is 11.3 Å². The van der Waals surface area contributed by atoms with E-state index < -0.39 is 5.82 Å². The normalized spacial score (nSPS) is 14.3. The number of nitrogens with zero attached hydrogens (tertiary/aromatic N) is 4. The van der Waals surface area contributed by atoms with Gasteiger partial charge in [0.25, 0.3) is 5.89 Å². The molecule has 4 aromatic rings. The monoisotopic (exact) mass is 452 g/mol. The molecule has 164 valence electrons. The number of benzene rings is 2. The Bertz CT molecular complexity index is 1340. The minimum absolute atomic E-state index is 0.106. The topological polar surface area (TPSA) is 73.4 Å². The van der Waals surface area contributed by atoms with Gasteiger partial charge in [-0.15, -0.1) is 11.8 Å². The van der Waals surface area contributed by atoms with E-state index in [2.05, 4.69) is 10.1 Å². The van der Waals surface area contributed by atoms with E-state index in [9.17, 15) is 9.18 Å². The molecule has 5 rings (SSSR count). The molecule has 1 aliphatic rings. The van der Waals surface area contributed by atoms with Crippen molar-refractivity contribution in [3.05, 3.63) is 58.6 Å². The summed E-state index contributed by atoms with van der Waals surface area (Å²) in [6, 6.07) is 10.8. The number of thioether (sulfide) groups is 1. The molecule has 1 saturated heterocycles. The van der Waals surface area contributed by atoms with Crippen LogP contribution in [0.5, 0.6) is 0 Å². The number of anilines is 1.